The number of aryl methyl sites for hydroxylation is 1. The van der Waals surface area contributed by atoms with E-state index in [1.54, 1.807) is 31.2 Å². The summed E-state index contributed by atoms with van der Waals surface area (Å²) in [5.41, 5.74) is 0.623. The third kappa shape index (κ3) is 3.10. The summed E-state index contributed by atoms with van der Waals surface area (Å²) in [4.78, 5) is 26.1. The number of anilines is 1. The third-order valence-corrected chi connectivity index (χ3v) is 5.11. The second-order valence-electron chi connectivity index (χ2n) is 6.50. The molecule has 1 aliphatic rings. The number of fused-ring (bicyclic) bond motifs is 1. The number of nitro benzene ring substituents is 1. The van der Waals surface area contributed by atoms with Gasteiger partial charge in [0.15, 0.2) is 0 Å². The van der Waals surface area contributed by atoms with Crippen molar-refractivity contribution in [3.63, 3.8) is 0 Å². The van der Waals surface area contributed by atoms with Crippen LogP contribution in [-0.2, 0) is 4.74 Å². The number of morpholine rings is 1. The summed E-state index contributed by atoms with van der Waals surface area (Å²) in [6, 6.07) is 9.91. The van der Waals surface area contributed by atoms with Crippen LogP contribution < -0.4 is 10.5 Å². The molecular formula is C19H17ClN4O4. The molecule has 0 N–H and O–H groups in total. The monoisotopic (exact) mass is 400 g/mol. The summed E-state index contributed by atoms with van der Waals surface area (Å²) in [7, 11) is 0. The Morgan fingerprint density at radius 2 is 1.82 bits per heavy atom. The molecule has 28 heavy (non-hydrogen) atoms. The van der Waals surface area contributed by atoms with Crippen LogP contribution in [-0.4, -0.2) is 41.0 Å². The molecule has 0 aliphatic carbocycles. The Bertz CT molecular complexity index is 1140. The molecule has 9 heteroatoms. The molecule has 4 rings (SSSR count). The minimum absolute atomic E-state index is 0.0924. The van der Waals surface area contributed by atoms with Gasteiger partial charge < -0.3 is 9.64 Å². The molecule has 1 fully saturated rings. The van der Waals surface area contributed by atoms with Crippen molar-refractivity contribution in [1.29, 1.82) is 0 Å². The smallest absolute Gasteiger partial charge is 0.296 e. The first kappa shape index (κ1) is 18.4. The fourth-order valence-electron chi connectivity index (χ4n) is 3.41. The molecule has 3 aromatic rings. The minimum atomic E-state index is -0.553. The average Bonchev–Trinajstić information content (AvgIpc) is 2.71. The number of rotatable bonds is 3. The van der Waals surface area contributed by atoms with Crippen LogP contribution >= 0.6 is 11.6 Å². The maximum absolute atomic E-state index is 13.0. The lowest BCUT2D eigenvalue weighted by Gasteiger charge is -2.29. The van der Waals surface area contributed by atoms with Crippen LogP contribution in [0.5, 0.6) is 0 Å². The van der Waals surface area contributed by atoms with E-state index in [1.807, 2.05) is 11.0 Å². The second-order valence-corrected chi connectivity index (χ2v) is 6.90. The predicted octanol–water partition coefficient (Wildman–Crippen LogP) is 3.09. The quantitative estimate of drug-likeness (QED) is 0.495. The zero-order valence-electron chi connectivity index (χ0n) is 15.1. The van der Waals surface area contributed by atoms with E-state index in [1.165, 1.54) is 6.07 Å². The Balaban J connectivity index is 1.98. The van der Waals surface area contributed by atoms with Crippen molar-refractivity contribution in [3.05, 3.63) is 67.6 Å². The van der Waals surface area contributed by atoms with E-state index in [9.17, 15) is 14.9 Å². The molecule has 2 heterocycles. The van der Waals surface area contributed by atoms with Crippen molar-refractivity contribution >= 4 is 33.7 Å². The van der Waals surface area contributed by atoms with Gasteiger partial charge in [-0.25, -0.2) is 0 Å². The van der Waals surface area contributed by atoms with Crippen LogP contribution in [0.15, 0.2) is 41.2 Å². The Kier molecular flexibility index (Phi) is 4.74. The Hall–Kier alpha value is -2.97. The molecule has 2 aromatic carbocycles. The van der Waals surface area contributed by atoms with Gasteiger partial charge in [0, 0.05) is 24.5 Å². The molecule has 0 radical (unpaired) electrons. The van der Waals surface area contributed by atoms with Gasteiger partial charge in [0.2, 0.25) is 0 Å². The van der Waals surface area contributed by atoms with Crippen molar-refractivity contribution in [2.24, 2.45) is 0 Å². The lowest BCUT2D eigenvalue weighted by molar-refractivity contribution is -0.384. The molecule has 0 amide bonds. The summed E-state index contributed by atoms with van der Waals surface area (Å²) >= 11 is 6.34. The maximum atomic E-state index is 13.0. The normalized spacial score (nSPS) is 14.4. The molecule has 144 valence electrons. The molecular weight excluding hydrogens is 384 g/mol. The number of halogens is 1. The van der Waals surface area contributed by atoms with Crippen molar-refractivity contribution < 1.29 is 9.66 Å². The van der Waals surface area contributed by atoms with Gasteiger partial charge in [-0.2, -0.15) is 9.78 Å². The van der Waals surface area contributed by atoms with Crippen LogP contribution in [0, 0.1) is 17.0 Å². The summed E-state index contributed by atoms with van der Waals surface area (Å²) in [5, 5.41) is 17.4. The van der Waals surface area contributed by atoms with Gasteiger partial charge in [0.1, 0.15) is 5.69 Å². The lowest BCUT2D eigenvalue weighted by Crippen LogP contribution is -2.36. The first-order chi connectivity index (χ1) is 13.5. The number of ether oxygens (including phenoxy) is 1. The zero-order chi connectivity index (χ0) is 19.8. The molecule has 0 unspecified atom stereocenters. The summed E-state index contributed by atoms with van der Waals surface area (Å²) < 4.78 is 6.45. The van der Waals surface area contributed by atoms with Gasteiger partial charge in [-0.05, 0) is 19.1 Å². The van der Waals surface area contributed by atoms with Crippen LogP contribution in [0.4, 0.5) is 11.4 Å². The van der Waals surface area contributed by atoms with Crippen molar-refractivity contribution in [3.8, 4) is 5.69 Å². The van der Waals surface area contributed by atoms with E-state index in [0.29, 0.717) is 48.5 Å². The number of hydrogen-bond donors (Lipinski definition) is 0. The molecule has 1 saturated heterocycles. The third-order valence-electron chi connectivity index (χ3n) is 4.81. The van der Waals surface area contributed by atoms with Crippen LogP contribution in [0.1, 0.15) is 5.69 Å². The van der Waals surface area contributed by atoms with Crippen molar-refractivity contribution in [2.45, 2.75) is 6.92 Å². The van der Waals surface area contributed by atoms with Crippen LogP contribution in [0.25, 0.3) is 16.5 Å². The van der Waals surface area contributed by atoms with Gasteiger partial charge in [-0.15, -0.1) is 0 Å². The standard InChI is InChI=1S/C19H17ClN4O4/c1-12-13-4-2-3-5-14(13)19(25)23(21-12)17-11-16(22-6-8-28-9-7-22)15(20)10-18(17)24(26)27/h2-5,10-11H,6-9H2,1H3. The molecule has 8 nitrogen and oxygen atoms in total. The second kappa shape index (κ2) is 7.21. The van der Waals surface area contributed by atoms with Gasteiger partial charge >= 0.3 is 0 Å². The van der Waals surface area contributed by atoms with E-state index in [0.717, 1.165) is 4.68 Å². The topological polar surface area (TPSA) is 90.5 Å². The highest BCUT2D eigenvalue weighted by Gasteiger charge is 2.25. The largest absolute Gasteiger partial charge is 0.378 e. The molecule has 0 bridgehead atoms. The highest BCUT2D eigenvalue weighted by Crippen LogP contribution is 2.35. The van der Waals surface area contributed by atoms with E-state index in [-0.39, 0.29) is 16.4 Å². The number of nitrogens with zero attached hydrogens (tertiary/aromatic N) is 4. The lowest BCUT2D eigenvalue weighted by atomic mass is 10.1. The minimum Gasteiger partial charge on any atom is -0.378 e. The Morgan fingerprint density at radius 3 is 2.50 bits per heavy atom. The predicted molar refractivity (Wildman–Crippen MR) is 107 cm³/mol. The average molecular weight is 401 g/mol. The number of nitro groups is 1. The van der Waals surface area contributed by atoms with Crippen LogP contribution in [0.3, 0.4) is 0 Å². The van der Waals surface area contributed by atoms with Gasteiger partial charge in [0.25, 0.3) is 11.2 Å². The zero-order valence-corrected chi connectivity index (χ0v) is 15.8. The Labute approximate surface area is 165 Å². The van der Waals surface area contributed by atoms with Crippen LogP contribution in [0.2, 0.25) is 5.02 Å². The number of aromatic nitrogens is 2. The van der Waals surface area contributed by atoms with Gasteiger partial charge in [-0.3, -0.25) is 14.9 Å². The van der Waals surface area contributed by atoms with Gasteiger partial charge in [-0.1, -0.05) is 29.8 Å². The number of benzene rings is 2. The molecule has 0 saturated carbocycles. The molecule has 0 spiro atoms. The number of hydrogen-bond acceptors (Lipinski definition) is 6. The summed E-state index contributed by atoms with van der Waals surface area (Å²) in [6.07, 6.45) is 0. The van der Waals surface area contributed by atoms with Crippen molar-refractivity contribution in [1.82, 2.24) is 9.78 Å². The SMILES string of the molecule is Cc1nn(-c2cc(N3CCOCC3)c(Cl)cc2[N+](=O)[O-])c(=O)c2ccccc12. The Morgan fingerprint density at radius 1 is 1.14 bits per heavy atom. The summed E-state index contributed by atoms with van der Waals surface area (Å²) in [6.45, 7) is 4.06. The maximum Gasteiger partial charge on any atom is 0.296 e. The van der Waals surface area contributed by atoms with E-state index < -0.39 is 10.5 Å². The fourth-order valence-corrected chi connectivity index (χ4v) is 3.69. The van der Waals surface area contributed by atoms with Crippen molar-refractivity contribution in [2.75, 3.05) is 31.2 Å². The van der Waals surface area contributed by atoms with E-state index in [4.69, 9.17) is 16.3 Å². The van der Waals surface area contributed by atoms with Gasteiger partial charge in [0.05, 0.1) is 39.9 Å². The first-order valence-electron chi connectivity index (χ1n) is 8.77. The molecule has 1 aromatic heterocycles. The summed E-state index contributed by atoms with van der Waals surface area (Å²) in [5.74, 6) is 0. The molecule has 0 atom stereocenters. The first-order valence-corrected chi connectivity index (χ1v) is 9.15. The van der Waals surface area contributed by atoms with E-state index in [2.05, 4.69) is 5.10 Å². The highest BCUT2D eigenvalue weighted by molar-refractivity contribution is 6.33. The van der Waals surface area contributed by atoms with E-state index >= 15 is 0 Å². The highest BCUT2D eigenvalue weighted by atomic mass is 35.5. The molecule has 1 aliphatic heterocycles. The fraction of sp³-hybridized carbons (Fsp3) is 0.263.